The molecule has 0 aliphatic carbocycles. The summed E-state index contributed by atoms with van der Waals surface area (Å²) in [5.74, 6) is -0.262. The zero-order valence-corrected chi connectivity index (χ0v) is 12.6. The minimum absolute atomic E-state index is 0.262. The fourth-order valence-electron chi connectivity index (χ4n) is 1.91. The highest BCUT2D eigenvalue weighted by atomic mass is 16.5. The number of ether oxygens (including phenoxy) is 1. The Hall–Kier alpha value is -2.29. The number of carbonyl (C=O) groups excluding carboxylic acids is 1. The third kappa shape index (κ3) is 4.63. The molecule has 0 saturated carbocycles. The van der Waals surface area contributed by atoms with E-state index in [-0.39, 0.29) is 5.97 Å². The van der Waals surface area contributed by atoms with Gasteiger partial charge >= 0.3 is 5.97 Å². The van der Waals surface area contributed by atoms with E-state index in [0.717, 1.165) is 18.7 Å². The first kappa shape index (κ1) is 15.1. The van der Waals surface area contributed by atoms with Crippen LogP contribution in [-0.4, -0.2) is 12.6 Å². The molecule has 3 heteroatoms. The molecule has 1 N–H and O–H groups in total. The number of aryl methyl sites for hydroxylation is 1. The quantitative estimate of drug-likeness (QED) is 0.808. The molecule has 110 valence electrons. The second-order valence-electron chi connectivity index (χ2n) is 5.05. The molecule has 0 aromatic heterocycles. The average Bonchev–Trinajstić information content (AvgIpc) is 2.52. The maximum Gasteiger partial charge on any atom is 0.338 e. The fourth-order valence-corrected chi connectivity index (χ4v) is 1.91. The number of hydrogen-bond donors (Lipinski definition) is 1. The molecular formula is C18H21NO2. The summed E-state index contributed by atoms with van der Waals surface area (Å²) in [6, 6.07) is 15.8. The molecule has 0 spiro atoms. The third-order valence-electron chi connectivity index (χ3n) is 3.18. The highest BCUT2D eigenvalue weighted by Crippen LogP contribution is 2.12. The molecule has 2 aromatic carbocycles. The van der Waals surface area contributed by atoms with Crippen molar-refractivity contribution < 1.29 is 9.53 Å². The average molecular weight is 283 g/mol. The van der Waals surface area contributed by atoms with E-state index in [4.69, 9.17) is 4.74 Å². The topological polar surface area (TPSA) is 38.3 Å². The zero-order valence-electron chi connectivity index (χ0n) is 12.6. The lowest BCUT2D eigenvalue weighted by molar-refractivity contribution is 0.0505. The van der Waals surface area contributed by atoms with Crippen molar-refractivity contribution in [3.05, 3.63) is 65.2 Å². The van der Waals surface area contributed by atoms with Crippen LogP contribution in [0, 0.1) is 6.92 Å². The summed E-state index contributed by atoms with van der Waals surface area (Å²) in [6.07, 6.45) is 0.835. The number of hydrogen-bond acceptors (Lipinski definition) is 3. The SMILES string of the molecule is CCCOC(=O)c1ccc(NCc2ccc(C)cc2)cc1. The van der Waals surface area contributed by atoms with Crippen LogP contribution in [0.2, 0.25) is 0 Å². The van der Waals surface area contributed by atoms with E-state index in [1.165, 1.54) is 11.1 Å². The van der Waals surface area contributed by atoms with Gasteiger partial charge < -0.3 is 10.1 Å². The third-order valence-corrected chi connectivity index (χ3v) is 3.18. The Balaban J connectivity index is 1.90. The Morgan fingerprint density at radius 3 is 2.33 bits per heavy atom. The molecule has 0 amide bonds. The van der Waals surface area contributed by atoms with Gasteiger partial charge in [-0.3, -0.25) is 0 Å². The van der Waals surface area contributed by atoms with Crippen LogP contribution in [-0.2, 0) is 11.3 Å². The van der Waals surface area contributed by atoms with Crippen LogP contribution in [0.25, 0.3) is 0 Å². The lowest BCUT2D eigenvalue weighted by Crippen LogP contribution is -2.06. The van der Waals surface area contributed by atoms with Gasteiger partial charge in [-0.25, -0.2) is 4.79 Å². The molecule has 0 bridgehead atoms. The van der Waals surface area contributed by atoms with Crippen molar-refractivity contribution in [3.8, 4) is 0 Å². The molecule has 2 aromatic rings. The number of nitrogens with one attached hydrogen (secondary N) is 1. The zero-order chi connectivity index (χ0) is 15.1. The standard InChI is InChI=1S/C18H21NO2/c1-3-12-21-18(20)16-8-10-17(11-9-16)19-13-15-6-4-14(2)5-7-15/h4-11,19H,3,12-13H2,1-2H3. The predicted octanol–water partition coefficient (Wildman–Crippen LogP) is 4.17. The van der Waals surface area contributed by atoms with Gasteiger partial charge in [0.15, 0.2) is 0 Å². The molecular weight excluding hydrogens is 262 g/mol. The Morgan fingerprint density at radius 2 is 1.71 bits per heavy atom. The van der Waals surface area contributed by atoms with E-state index in [9.17, 15) is 4.79 Å². The van der Waals surface area contributed by atoms with Crippen molar-refractivity contribution in [1.82, 2.24) is 0 Å². The molecule has 0 radical (unpaired) electrons. The van der Waals surface area contributed by atoms with Crippen molar-refractivity contribution in [3.63, 3.8) is 0 Å². The highest BCUT2D eigenvalue weighted by molar-refractivity contribution is 5.89. The van der Waals surface area contributed by atoms with Gasteiger partial charge in [-0.1, -0.05) is 36.8 Å². The molecule has 0 aliphatic heterocycles. The van der Waals surface area contributed by atoms with Crippen LogP contribution < -0.4 is 5.32 Å². The highest BCUT2D eigenvalue weighted by Gasteiger charge is 2.05. The number of anilines is 1. The first-order chi connectivity index (χ1) is 10.2. The molecule has 0 atom stereocenters. The summed E-state index contributed by atoms with van der Waals surface area (Å²) in [7, 11) is 0. The van der Waals surface area contributed by atoms with Gasteiger partial charge in [-0.05, 0) is 43.2 Å². The van der Waals surface area contributed by atoms with Gasteiger partial charge in [0.2, 0.25) is 0 Å². The largest absolute Gasteiger partial charge is 0.462 e. The molecule has 2 rings (SSSR count). The predicted molar refractivity (Wildman–Crippen MR) is 85.5 cm³/mol. The van der Waals surface area contributed by atoms with Crippen LogP contribution in [0.3, 0.4) is 0 Å². The molecule has 0 heterocycles. The van der Waals surface area contributed by atoms with Crippen molar-refractivity contribution in [2.24, 2.45) is 0 Å². The van der Waals surface area contributed by atoms with Crippen LogP contribution in [0.15, 0.2) is 48.5 Å². The maximum absolute atomic E-state index is 11.7. The lowest BCUT2D eigenvalue weighted by Gasteiger charge is -2.08. The first-order valence-electron chi connectivity index (χ1n) is 7.25. The Morgan fingerprint density at radius 1 is 1.05 bits per heavy atom. The first-order valence-corrected chi connectivity index (χ1v) is 7.25. The molecule has 21 heavy (non-hydrogen) atoms. The molecule has 3 nitrogen and oxygen atoms in total. The van der Waals surface area contributed by atoms with Crippen LogP contribution in [0.5, 0.6) is 0 Å². The number of benzene rings is 2. The van der Waals surface area contributed by atoms with E-state index in [1.807, 2.05) is 19.1 Å². The normalized spacial score (nSPS) is 10.2. The second kappa shape index (κ2) is 7.48. The van der Waals surface area contributed by atoms with Crippen LogP contribution >= 0.6 is 0 Å². The van der Waals surface area contributed by atoms with E-state index < -0.39 is 0 Å². The monoisotopic (exact) mass is 283 g/mol. The Kier molecular flexibility index (Phi) is 5.38. The van der Waals surface area contributed by atoms with Crippen LogP contribution in [0.1, 0.15) is 34.8 Å². The number of carbonyl (C=O) groups is 1. The van der Waals surface area contributed by atoms with E-state index in [0.29, 0.717) is 12.2 Å². The molecule has 0 saturated heterocycles. The number of esters is 1. The molecule has 0 fully saturated rings. The van der Waals surface area contributed by atoms with E-state index >= 15 is 0 Å². The van der Waals surface area contributed by atoms with Crippen molar-refractivity contribution in [2.45, 2.75) is 26.8 Å². The van der Waals surface area contributed by atoms with Crippen molar-refractivity contribution in [2.75, 3.05) is 11.9 Å². The molecule has 0 aliphatic rings. The van der Waals surface area contributed by atoms with Gasteiger partial charge in [0.25, 0.3) is 0 Å². The minimum atomic E-state index is -0.262. The maximum atomic E-state index is 11.7. The summed E-state index contributed by atoms with van der Waals surface area (Å²) < 4.78 is 5.10. The van der Waals surface area contributed by atoms with Gasteiger partial charge in [0.05, 0.1) is 12.2 Å². The van der Waals surface area contributed by atoms with Gasteiger partial charge in [0, 0.05) is 12.2 Å². The van der Waals surface area contributed by atoms with E-state index in [1.54, 1.807) is 12.1 Å². The smallest absolute Gasteiger partial charge is 0.338 e. The fraction of sp³-hybridized carbons (Fsp3) is 0.278. The summed E-state index contributed by atoms with van der Waals surface area (Å²) >= 11 is 0. The minimum Gasteiger partial charge on any atom is -0.462 e. The summed E-state index contributed by atoms with van der Waals surface area (Å²) in [5.41, 5.74) is 4.06. The number of rotatable bonds is 6. The van der Waals surface area contributed by atoms with E-state index in [2.05, 4.69) is 36.5 Å². The van der Waals surface area contributed by atoms with Crippen molar-refractivity contribution in [1.29, 1.82) is 0 Å². The summed E-state index contributed by atoms with van der Waals surface area (Å²) in [5, 5.41) is 3.34. The second-order valence-corrected chi connectivity index (χ2v) is 5.05. The summed E-state index contributed by atoms with van der Waals surface area (Å²) in [6.45, 7) is 5.28. The van der Waals surface area contributed by atoms with Crippen molar-refractivity contribution >= 4 is 11.7 Å². The van der Waals surface area contributed by atoms with Gasteiger partial charge in [0.1, 0.15) is 0 Å². The Bertz CT molecular complexity index is 573. The Labute approximate surface area is 126 Å². The van der Waals surface area contributed by atoms with Gasteiger partial charge in [-0.2, -0.15) is 0 Å². The summed E-state index contributed by atoms with van der Waals surface area (Å²) in [4.78, 5) is 11.7. The van der Waals surface area contributed by atoms with Gasteiger partial charge in [-0.15, -0.1) is 0 Å². The van der Waals surface area contributed by atoms with Crippen LogP contribution in [0.4, 0.5) is 5.69 Å². The lowest BCUT2D eigenvalue weighted by atomic mass is 10.1. The molecule has 0 unspecified atom stereocenters.